The number of hydrogen-bond donors (Lipinski definition) is 2. The topological polar surface area (TPSA) is 63.3 Å². The third-order valence-corrected chi connectivity index (χ3v) is 2.74. The zero-order chi connectivity index (χ0) is 11.5. The lowest BCUT2D eigenvalue weighted by Crippen LogP contribution is -2.17. The molecule has 0 saturated carbocycles. The smallest absolute Gasteiger partial charge is 0.303 e. The molecule has 0 fully saturated rings. The summed E-state index contributed by atoms with van der Waals surface area (Å²) in [6, 6.07) is 0.372. The van der Waals surface area contributed by atoms with Crippen LogP contribution in [-0.4, -0.2) is 17.1 Å². The predicted octanol–water partition coefficient (Wildman–Crippen LogP) is 2.93. The summed E-state index contributed by atoms with van der Waals surface area (Å²) in [5, 5.41) is 8.43. The first-order chi connectivity index (χ1) is 7.16. The van der Waals surface area contributed by atoms with E-state index in [2.05, 4.69) is 6.92 Å². The van der Waals surface area contributed by atoms with E-state index in [9.17, 15) is 4.79 Å². The molecule has 0 aromatic carbocycles. The first kappa shape index (κ1) is 14.4. The van der Waals surface area contributed by atoms with Crippen LogP contribution in [0, 0.1) is 0 Å². The second-order valence-corrected chi connectivity index (χ2v) is 4.22. The van der Waals surface area contributed by atoms with Gasteiger partial charge in [-0.2, -0.15) is 0 Å². The van der Waals surface area contributed by atoms with Crippen molar-refractivity contribution in [1.82, 2.24) is 0 Å². The van der Waals surface area contributed by atoms with Gasteiger partial charge in [-0.3, -0.25) is 4.79 Å². The van der Waals surface area contributed by atoms with Crippen LogP contribution in [0.3, 0.4) is 0 Å². The van der Waals surface area contributed by atoms with Crippen LogP contribution in [-0.2, 0) is 4.79 Å². The molecule has 0 aromatic rings. The van der Waals surface area contributed by atoms with E-state index in [1.165, 1.54) is 19.3 Å². The van der Waals surface area contributed by atoms with Crippen LogP contribution in [0.5, 0.6) is 0 Å². The molecule has 0 rings (SSSR count). The average Bonchev–Trinajstić information content (AvgIpc) is 2.21. The predicted molar refractivity (Wildman–Crippen MR) is 62.8 cm³/mol. The maximum Gasteiger partial charge on any atom is 0.303 e. The molecule has 0 aliphatic rings. The molecule has 0 bridgehead atoms. The molecule has 1 unspecified atom stereocenters. The molecule has 3 N–H and O–H groups in total. The van der Waals surface area contributed by atoms with Gasteiger partial charge in [-0.1, -0.05) is 39.0 Å². The van der Waals surface area contributed by atoms with Crippen molar-refractivity contribution in [3.8, 4) is 0 Å². The number of carbonyl (C=O) groups is 1. The molecule has 90 valence electrons. The van der Waals surface area contributed by atoms with Gasteiger partial charge in [0.15, 0.2) is 0 Å². The molecular formula is C12H25NO2. The molecule has 0 spiro atoms. The highest BCUT2D eigenvalue weighted by atomic mass is 16.4. The fraction of sp³-hybridized carbons (Fsp3) is 0.917. The molecule has 3 nitrogen and oxygen atoms in total. The summed E-state index contributed by atoms with van der Waals surface area (Å²) in [5.74, 6) is -0.677. The van der Waals surface area contributed by atoms with Crippen LogP contribution in [0.4, 0.5) is 0 Å². The van der Waals surface area contributed by atoms with E-state index in [4.69, 9.17) is 10.8 Å². The number of nitrogens with two attached hydrogens (primary N) is 1. The van der Waals surface area contributed by atoms with E-state index in [-0.39, 0.29) is 0 Å². The first-order valence-electron chi connectivity index (χ1n) is 6.14. The van der Waals surface area contributed by atoms with E-state index in [0.717, 1.165) is 32.1 Å². The first-order valence-corrected chi connectivity index (χ1v) is 6.14. The Hall–Kier alpha value is -0.570. The third-order valence-electron chi connectivity index (χ3n) is 2.74. The molecule has 0 aliphatic heterocycles. The second kappa shape index (κ2) is 9.97. The third kappa shape index (κ3) is 11.4. The van der Waals surface area contributed by atoms with Crippen molar-refractivity contribution in [1.29, 1.82) is 0 Å². The minimum Gasteiger partial charge on any atom is -0.481 e. The van der Waals surface area contributed by atoms with Crippen LogP contribution >= 0.6 is 0 Å². The van der Waals surface area contributed by atoms with Gasteiger partial charge in [0.2, 0.25) is 0 Å². The summed E-state index contributed by atoms with van der Waals surface area (Å²) in [6.45, 7) is 2.12. The van der Waals surface area contributed by atoms with Crippen molar-refractivity contribution in [3.63, 3.8) is 0 Å². The quantitative estimate of drug-likeness (QED) is 0.551. The van der Waals surface area contributed by atoms with Crippen LogP contribution in [0.2, 0.25) is 0 Å². The second-order valence-electron chi connectivity index (χ2n) is 4.22. The van der Waals surface area contributed by atoms with Crippen molar-refractivity contribution < 1.29 is 9.90 Å². The van der Waals surface area contributed by atoms with Gasteiger partial charge < -0.3 is 10.8 Å². The molecule has 0 aromatic heterocycles. The molecule has 0 aliphatic carbocycles. The number of carboxylic acid groups (broad SMARTS) is 1. The van der Waals surface area contributed by atoms with Gasteiger partial charge in [-0.25, -0.2) is 0 Å². The monoisotopic (exact) mass is 215 g/mol. The van der Waals surface area contributed by atoms with Crippen molar-refractivity contribution in [3.05, 3.63) is 0 Å². The Bertz CT molecular complexity index is 160. The highest BCUT2D eigenvalue weighted by molar-refractivity contribution is 5.66. The normalized spacial score (nSPS) is 12.7. The largest absolute Gasteiger partial charge is 0.481 e. The number of carboxylic acids is 1. The zero-order valence-electron chi connectivity index (χ0n) is 9.87. The van der Waals surface area contributed by atoms with E-state index >= 15 is 0 Å². The highest BCUT2D eigenvalue weighted by Crippen LogP contribution is 2.10. The average molecular weight is 215 g/mol. The van der Waals surface area contributed by atoms with Crippen molar-refractivity contribution >= 4 is 5.97 Å². The summed E-state index contributed by atoms with van der Waals surface area (Å²) < 4.78 is 0. The summed E-state index contributed by atoms with van der Waals surface area (Å²) in [6.07, 6.45) is 9.22. The van der Waals surface area contributed by atoms with Gasteiger partial charge in [0.05, 0.1) is 0 Å². The fourth-order valence-electron chi connectivity index (χ4n) is 1.59. The van der Waals surface area contributed by atoms with Crippen LogP contribution in [0.1, 0.15) is 64.7 Å². The molecular weight excluding hydrogens is 190 g/mol. The van der Waals surface area contributed by atoms with Gasteiger partial charge in [0.25, 0.3) is 0 Å². The lowest BCUT2D eigenvalue weighted by atomic mass is 10.0. The summed E-state index contributed by atoms with van der Waals surface area (Å²) in [4.78, 5) is 10.2. The van der Waals surface area contributed by atoms with Crippen LogP contribution in [0.15, 0.2) is 0 Å². The van der Waals surface area contributed by atoms with Gasteiger partial charge in [-0.15, -0.1) is 0 Å². The number of hydrogen-bond acceptors (Lipinski definition) is 2. The Morgan fingerprint density at radius 2 is 1.67 bits per heavy atom. The lowest BCUT2D eigenvalue weighted by molar-refractivity contribution is -0.137. The molecule has 0 amide bonds. The summed E-state index contributed by atoms with van der Waals surface area (Å²) in [7, 11) is 0. The van der Waals surface area contributed by atoms with Crippen LogP contribution in [0.25, 0.3) is 0 Å². The molecule has 0 saturated heterocycles. The minimum absolute atomic E-state index is 0.320. The van der Waals surface area contributed by atoms with Gasteiger partial charge in [-0.05, 0) is 19.3 Å². The Labute approximate surface area is 93.0 Å². The zero-order valence-corrected chi connectivity index (χ0v) is 9.87. The van der Waals surface area contributed by atoms with Crippen molar-refractivity contribution in [2.45, 2.75) is 70.8 Å². The molecule has 3 heteroatoms. The van der Waals surface area contributed by atoms with E-state index in [0.29, 0.717) is 12.5 Å². The Morgan fingerprint density at radius 1 is 1.13 bits per heavy atom. The van der Waals surface area contributed by atoms with E-state index in [1.807, 2.05) is 0 Å². The van der Waals surface area contributed by atoms with E-state index in [1.54, 1.807) is 0 Å². The van der Waals surface area contributed by atoms with Crippen molar-refractivity contribution in [2.75, 3.05) is 0 Å². The van der Waals surface area contributed by atoms with Gasteiger partial charge in [0.1, 0.15) is 0 Å². The van der Waals surface area contributed by atoms with Gasteiger partial charge >= 0.3 is 5.97 Å². The summed E-state index contributed by atoms with van der Waals surface area (Å²) in [5.41, 5.74) is 5.80. The summed E-state index contributed by atoms with van der Waals surface area (Å²) >= 11 is 0. The Kier molecular flexibility index (Phi) is 9.59. The maximum atomic E-state index is 10.2. The number of rotatable bonds is 10. The standard InChI is InChI=1S/C12H25NO2/c1-2-11(13)9-7-5-3-4-6-8-10-12(14)15/h11H,2-10,13H2,1H3,(H,14,15). The molecule has 0 heterocycles. The Balaban J connectivity index is 3.02. The minimum atomic E-state index is -0.677. The van der Waals surface area contributed by atoms with Crippen LogP contribution < -0.4 is 5.73 Å². The van der Waals surface area contributed by atoms with Crippen molar-refractivity contribution in [2.24, 2.45) is 5.73 Å². The molecule has 15 heavy (non-hydrogen) atoms. The SMILES string of the molecule is CCC(N)CCCCCCCCC(=O)O. The highest BCUT2D eigenvalue weighted by Gasteiger charge is 1.99. The van der Waals surface area contributed by atoms with E-state index < -0.39 is 5.97 Å². The molecule has 1 atom stereocenters. The maximum absolute atomic E-state index is 10.2. The molecule has 0 radical (unpaired) electrons. The number of unbranched alkanes of at least 4 members (excludes halogenated alkanes) is 5. The fourth-order valence-corrected chi connectivity index (χ4v) is 1.59. The Morgan fingerprint density at radius 3 is 2.20 bits per heavy atom. The lowest BCUT2D eigenvalue weighted by Gasteiger charge is -2.07. The van der Waals surface area contributed by atoms with Gasteiger partial charge in [0, 0.05) is 12.5 Å². The number of aliphatic carboxylic acids is 1.